The number of benzene rings is 1. The van der Waals surface area contributed by atoms with Crippen LogP contribution in [-0.2, 0) is 17.8 Å². The van der Waals surface area contributed by atoms with E-state index in [4.69, 9.17) is 13.9 Å². The van der Waals surface area contributed by atoms with E-state index in [0.717, 1.165) is 42.2 Å². The molecule has 174 valence electrons. The summed E-state index contributed by atoms with van der Waals surface area (Å²) in [7, 11) is 5.00. The van der Waals surface area contributed by atoms with Crippen LogP contribution in [-0.4, -0.2) is 51.1 Å². The summed E-state index contributed by atoms with van der Waals surface area (Å²) in [5.41, 5.74) is 2.33. The van der Waals surface area contributed by atoms with Gasteiger partial charge in [-0.2, -0.15) is 0 Å². The maximum atomic E-state index is 12.7. The number of nitrogens with one attached hydrogen (secondary N) is 2. The number of guanidine groups is 1. The number of aliphatic imine (C=N–C) groups is 1. The van der Waals surface area contributed by atoms with Gasteiger partial charge in [-0.1, -0.05) is 0 Å². The highest BCUT2D eigenvalue weighted by Gasteiger charge is 2.22. The number of carbonyl (C=O) groups excluding carboxylic acids is 1. The Morgan fingerprint density at radius 1 is 1.22 bits per heavy atom. The molecule has 0 saturated carbocycles. The van der Waals surface area contributed by atoms with E-state index in [9.17, 15) is 4.79 Å². The second kappa shape index (κ2) is 10.9. The van der Waals surface area contributed by atoms with Crippen molar-refractivity contribution in [1.29, 1.82) is 0 Å². The molecule has 3 rings (SSSR count). The van der Waals surface area contributed by atoms with Crippen molar-refractivity contribution in [2.24, 2.45) is 4.99 Å². The van der Waals surface area contributed by atoms with Crippen molar-refractivity contribution in [3.8, 4) is 11.5 Å². The lowest BCUT2D eigenvalue weighted by Gasteiger charge is -2.29. The second-order valence-corrected chi connectivity index (χ2v) is 7.96. The van der Waals surface area contributed by atoms with E-state index >= 15 is 0 Å². The predicted octanol–water partition coefficient (Wildman–Crippen LogP) is 3.20. The molecular formula is C24H34N4O4. The first-order valence-electron chi connectivity index (χ1n) is 11.0. The maximum Gasteiger partial charge on any atom is 0.222 e. The van der Waals surface area contributed by atoms with E-state index in [-0.39, 0.29) is 11.9 Å². The highest BCUT2D eigenvalue weighted by Crippen LogP contribution is 2.33. The van der Waals surface area contributed by atoms with Gasteiger partial charge >= 0.3 is 0 Å². The van der Waals surface area contributed by atoms with Gasteiger partial charge in [0, 0.05) is 33.1 Å². The van der Waals surface area contributed by atoms with E-state index in [1.807, 2.05) is 43.0 Å². The standard InChI is InChI=1S/C24H34N4O4/c1-16-8-9-20(32-16)17(2)27-24(25-3)26-11-6-7-23(29)28-12-10-18-13-21(30-4)22(31-5)14-19(18)15-28/h8-9,13-14,17H,6-7,10-12,15H2,1-5H3,(H2,25,26,27). The van der Waals surface area contributed by atoms with Gasteiger partial charge in [0.15, 0.2) is 17.5 Å². The van der Waals surface area contributed by atoms with Crippen LogP contribution in [0.1, 0.15) is 48.5 Å². The fourth-order valence-electron chi connectivity index (χ4n) is 3.86. The molecule has 1 aliphatic heterocycles. The van der Waals surface area contributed by atoms with Crippen molar-refractivity contribution in [2.75, 3.05) is 34.4 Å². The SMILES string of the molecule is CN=C(NCCCC(=O)N1CCc2cc(OC)c(OC)cc2C1)NC(C)c1ccc(C)o1. The third-order valence-electron chi connectivity index (χ3n) is 5.70. The average Bonchev–Trinajstić information content (AvgIpc) is 3.25. The summed E-state index contributed by atoms with van der Waals surface area (Å²) in [5.74, 6) is 4.02. The highest BCUT2D eigenvalue weighted by molar-refractivity contribution is 5.80. The molecule has 1 unspecified atom stereocenters. The van der Waals surface area contributed by atoms with E-state index in [1.54, 1.807) is 21.3 Å². The molecule has 8 nitrogen and oxygen atoms in total. The second-order valence-electron chi connectivity index (χ2n) is 7.96. The van der Waals surface area contributed by atoms with E-state index < -0.39 is 0 Å². The van der Waals surface area contributed by atoms with Crippen LogP contribution >= 0.6 is 0 Å². The van der Waals surface area contributed by atoms with Crippen molar-refractivity contribution in [1.82, 2.24) is 15.5 Å². The molecule has 1 atom stereocenters. The molecule has 0 bridgehead atoms. The summed E-state index contributed by atoms with van der Waals surface area (Å²) in [6.45, 7) is 5.93. The zero-order valence-electron chi connectivity index (χ0n) is 19.7. The Bertz CT molecular complexity index is 953. The quantitative estimate of drug-likeness (QED) is 0.371. The number of aryl methyl sites for hydroxylation is 1. The smallest absolute Gasteiger partial charge is 0.222 e. The van der Waals surface area contributed by atoms with Crippen molar-refractivity contribution < 1.29 is 18.7 Å². The normalized spacial score (nSPS) is 14.5. The summed E-state index contributed by atoms with van der Waals surface area (Å²) in [6.07, 6.45) is 2.03. The molecule has 1 aromatic heterocycles. The van der Waals surface area contributed by atoms with Gasteiger partial charge in [0.1, 0.15) is 11.5 Å². The first-order valence-corrected chi connectivity index (χ1v) is 11.0. The first kappa shape index (κ1) is 23.5. The van der Waals surface area contributed by atoms with Crippen molar-refractivity contribution in [3.05, 3.63) is 46.9 Å². The van der Waals surface area contributed by atoms with Crippen molar-refractivity contribution in [2.45, 2.75) is 45.7 Å². The number of hydrogen-bond acceptors (Lipinski definition) is 5. The monoisotopic (exact) mass is 442 g/mol. The lowest BCUT2D eigenvalue weighted by Crippen LogP contribution is -2.40. The fourth-order valence-corrected chi connectivity index (χ4v) is 3.86. The summed E-state index contributed by atoms with van der Waals surface area (Å²) < 4.78 is 16.5. The Balaban J connectivity index is 1.45. The summed E-state index contributed by atoms with van der Waals surface area (Å²) in [6, 6.07) is 7.90. The molecular weight excluding hydrogens is 408 g/mol. The van der Waals surface area contributed by atoms with Crippen LogP contribution in [0.2, 0.25) is 0 Å². The summed E-state index contributed by atoms with van der Waals surface area (Å²) in [5, 5.41) is 6.58. The van der Waals surface area contributed by atoms with Gasteiger partial charge in [-0.25, -0.2) is 0 Å². The van der Waals surface area contributed by atoms with Gasteiger partial charge in [-0.05, 0) is 62.1 Å². The number of nitrogens with zero attached hydrogens (tertiary/aromatic N) is 2. The molecule has 0 spiro atoms. The topological polar surface area (TPSA) is 88.3 Å². The number of ether oxygens (including phenoxy) is 2. The van der Waals surface area contributed by atoms with Crippen molar-refractivity contribution >= 4 is 11.9 Å². The number of furan rings is 1. The van der Waals surface area contributed by atoms with E-state index in [1.165, 1.54) is 5.56 Å². The zero-order chi connectivity index (χ0) is 23.1. The summed E-state index contributed by atoms with van der Waals surface area (Å²) >= 11 is 0. The molecule has 1 amide bonds. The minimum atomic E-state index is 0.000524. The molecule has 0 saturated heterocycles. The van der Waals surface area contributed by atoms with Crippen LogP contribution in [0.4, 0.5) is 0 Å². The van der Waals surface area contributed by atoms with Gasteiger partial charge in [0.25, 0.3) is 0 Å². The molecule has 0 fully saturated rings. The maximum absolute atomic E-state index is 12.7. The molecule has 1 aromatic carbocycles. The van der Waals surface area contributed by atoms with Crippen LogP contribution in [0.3, 0.4) is 0 Å². The Morgan fingerprint density at radius 2 is 1.94 bits per heavy atom. The van der Waals surface area contributed by atoms with E-state index in [2.05, 4.69) is 15.6 Å². The molecule has 8 heteroatoms. The van der Waals surface area contributed by atoms with Crippen LogP contribution in [0.5, 0.6) is 11.5 Å². The molecule has 2 heterocycles. The van der Waals surface area contributed by atoms with Crippen LogP contribution in [0.15, 0.2) is 33.7 Å². The minimum absolute atomic E-state index is 0.000524. The van der Waals surface area contributed by atoms with E-state index in [0.29, 0.717) is 31.2 Å². The van der Waals surface area contributed by atoms with Gasteiger partial charge in [0.05, 0.1) is 20.3 Å². The van der Waals surface area contributed by atoms with Crippen LogP contribution in [0, 0.1) is 6.92 Å². The number of rotatable bonds is 8. The third kappa shape index (κ3) is 5.75. The van der Waals surface area contributed by atoms with Crippen LogP contribution in [0.25, 0.3) is 0 Å². The predicted molar refractivity (Wildman–Crippen MR) is 124 cm³/mol. The Labute approximate surface area is 190 Å². The Morgan fingerprint density at radius 3 is 2.56 bits per heavy atom. The molecule has 32 heavy (non-hydrogen) atoms. The minimum Gasteiger partial charge on any atom is -0.493 e. The Hall–Kier alpha value is -3.16. The fraction of sp³-hybridized carbons (Fsp3) is 0.500. The number of methoxy groups -OCH3 is 2. The van der Waals surface area contributed by atoms with Crippen molar-refractivity contribution in [3.63, 3.8) is 0 Å². The lowest BCUT2D eigenvalue weighted by atomic mass is 9.98. The van der Waals surface area contributed by atoms with Gasteiger partial charge < -0.3 is 29.4 Å². The number of amides is 1. The lowest BCUT2D eigenvalue weighted by molar-refractivity contribution is -0.132. The molecule has 0 aliphatic carbocycles. The third-order valence-corrected chi connectivity index (χ3v) is 5.70. The van der Waals surface area contributed by atoms with Gasteiger partial charge in [-0.3, -0.25) is 9.79 Å². The number of fused-ring (bicyclic) bond motifs is 1. The molecule has 2 N–H and O–H groups in total. The zero-order valence-corrected chi connectivity index (χ0v) is 19.7. The Kier molecular flexibility index (Phi) is 8.03. The molecule has 0 radical (unpaired) electrons. The number of hydrogen-bond donors (Lipinski definition) is 2. The summed E-state index contributed by atoms with van der Waals surface area (Å²) in [4.78, 5) is 18.9. The van der Waals surface area contributed by atoms with Gasteiger partial charge in [0.2, 0.25) is 5.91 Å². The van der Waals surface area contributed by atoms with Crippen LogP contribution < -0.4 is 20.1 Å². The number of carbonyl (C=O) groups is 1. The average molecular weight is 443 g/mol. The molecule has 2 aromatic rings. The van der Waals surface area contributed by atoms with Gasteiger partial charge in [-0.15, -0.1) is 0 Å². The first-order chi connectivity index (χ1) is 15.4. The molecule has 1 aliphatic rings. The largest absolute Gasteiger partial charge is 0.493 e. The highest BCUT2D eigenvalue weighted by atomic mass is 16.5.